The van der Waals surface area contributed by atoms with Crippen LogP contribution in [0.1, 0.15) is 54.4 Å². The Labute approximate surface area is 245 Å². The molecule has 2 aromatic rings. The third-order valence-electron chi connectivity index (χ3n) is 7.55. The number of fused-ring (bicyclic) bond motifs is 1. The fourth-order valence-corrected chi connectivity index (χ4v) is 5.29. The minimum atomic E-state index is -1.47. The van der Waals surface area contributed by atoms with Gasteiger partial charge in [0.25, 0.3) is 0 Å². The first kappa shape index (κ1) is 30.8. The van der Waals surface area contributed by atoms with Crippen LogP contribution in [0, 0.1) is 11.3 Å². The number of alkyl carbamates (subject to hydrolysis) is 1. The summed E-state index contributed by atoms with van der Waals surface area (Å²) in [5.41, 5.74) is -2.26. The molecule has 0 spiro atoms. The number of carboxylic acid groups (broad SMARTS) is 1. The maximum absolute atomic E-state index is 14.1. The second kappa shape index (κ2) is 11.3. The van der Waals surface area contributed by atoms with E-state index in [1.165, 1.54) is 11.0 Å². The summed E-state index contributed by atoms with van der Waals surface area (Å²) >= 11 is 0. The number of hydrogen-bond donors (Lipinski definition) is 3. The van der Waals surface area contributed by atoms with E-state index >= 15 is 0 Å². The number of hydrogen-bond acceptors (Lipinski definition) is 7. The van der Waals surface area contributed by atoms with E-state index in [4.69, 9.17) is 9.47 Å². The second-order valence-electron chi connectivity index (χ2n) is 13.1. The van der Waals surface area contributed by atoms with Crippen LogP contribution in [0.15, 0.2) is 49.2 Å². The van der Waals surface area contributed by atoms with Gasteiger partial charge in [-0.25, -0.2) is 9.59 Å². The van der Waals surface area contributed by atoms with Gasteiger partial charge in [-0.2, -0.15) is 0 Å². The maximum Gasteiger partial charge on any atom is 0.408 e. The number of para-hydroxylation sites is 1. The topological polar surface area (TPSA) is 147 Å². The van der Waals surface area contributed by atoms with Gasteiger partial charge in [0.05, 0.1) is 12.1 Å². The van der Waals surface area contributed by atoms with Crippen molar-refractivity contribution in [1.82, 2.24) is 20.5 Å². The normalized spacial score (nSPS) is 24.4. The van der Waals surface area contributed by atoms with Gasteiger partial charge in [-0.3, -0.25) is 14.6 Å². The Bertz CT molecular complexity index is 1390. The number of carboxylic acids is 1. The number of aliphatic carboxylic acids is 1. The minimum Gasteiger partial charge on any atom is -0.488 e. The average Bonchev–Trinajstić information content (AvgIpc) is 3.45. The number of ether oxygens (including phenoxy) is 2. The summed E-state index contributed by atoms with van der Waals surface area (Å²) in [7, 11) is 0. The Hall–Kier alpha value is -4.15. The first-order chi connectivity index (χ1) is 19.6. The molecule has 1 saturated carbocycles. The van der Waals surface area contributed by atoms with Crippen molar-refractivity contribution < 1.29 is 33.8 Å². The average molecular weight is 581 g/mol. The third kappa shape index (κ3) is 6.50. The molecule has 11 nitrogen and oxygen atoms in total. The number of amides is 3. The van der Waals surface area contributed by atoms with Gasteiger partial charge in [-0.15, -0.1) is 6.58 Å². The minimum absolute atomic E-state index is 0.0428. The fraction of sp³-hybridized carbons (Fsp3) is 0.516. The van der Waals surface area contributed by atoms with E-state index in [2.05, 4.69) is 22.2 Å². The maximum atomic E-state index is 14.1. The Morgan fingerprint density at radius 3 is 2.43 bits per heavy atom. The molecular weight excluding hydrogens is 540 g/mol. The number of carbonyl (C=O) groups is 4. The van der Waals surface area contributed by atoms with Crippen molar-refractivity contribution in [1.29, 1.82) is 0 Å². The van der Waals surface area contributed by atoms with Crippen molar-refractivity contribution in [3.05, 3.63) is 49.2 Å². The summed E-state index contributed by atoms with van der Waals surface area (Å²) in [5.74, 6) is -2.14. The molecule has 0 bridgehead atoms. The van der Waals surface area contributed by atoms with Crippen LogP contribution >= 0.6 is 0 Å². The van der Waals surface area contributed by atoms with E-state index in [1.54, 1.807) is 53.8 Å². The molecule has 1 aliphatic carbocycles. The standard InChI is InChI=1S/C31H40N4O7/c1-8-18-16-31(18,27(38)39)34-25(36)22-15-19(41-23-13-14-32-21-12-10-9-11-20(21)23)17-35(22)26(37)24(29(2,3)4)33-28(40)42-30(5,6)7/h8-14,18-19,22,24H,1,15-17H2,2-7H3,(H,33,40)(H,34,36)(H,38,39)/t18?,19-,22?,24-,31+/m1/s1. The van der Waals surface area contributed by atoms with E-state index in [9.17, 15) is 24.3 Å². The number of pyridine rings is 1. The fourth-order valence-electron chi connectivity index (χ4n) is 5.29. The molecule has 4 rings (SSSR count). The van der Waals surface area contributed by atoms with Crippen molar-refractivity contribution >= 4 is 34.8 Å². The first-order valence-electron chi connectivity index (χ1n) is 14.0. The van der Waals surface area contributed by atoms with Crippen molar-refractivity contribution in [3.8, 4) is 5.75 Å². The molecule has 3 amide bonds. The first-order valence-corrected chi connectivity index (χ1v) is 14.0. The summed E-state index contributed by atoms with van der Waals surface area (Å²) in [6, 6.07) is 7.11. The van der Waals surface area contributed by atoms with Crippen LogP contribution < -0.4 is 15.4 Å². The van der Waals surface area contributed by atoms with Gasteiger partial charge in [0.1, 0.15) is 35.1 Å². The zero-order valence-electron chi connectivity index (χ0n) is 25.0. The van der Waals surface area contributed by atoms with Gasteiger partial charge in [0.2, 0.25) is 11.8 Å². The smallest absolute Gasteiger partial charge is 0.408 e. The van der Waals surface area contributed by atoms with Crippen LogP contribution in [0.25, 0.3) is 10.9 Å². The number of rotatable bonds is 8. The van der Waals surface area contributed by atoms with Gasteiger partial charge in [0.15, 0.2) is 0 Å². The van der Waals surface area contributed by atoms with Gasteiger partial charge < -0.3 is 30.1 Å². The zero-order chi connectivity index (χ0) is 31.0. The molecule has 2 fully saturated rings. The number of nitrogens with one attached hydrogen (secondary N) is 2. The van der Waals surface area contributed by atoms with Crippen LogP contribution in [0.2, 0.25) is 0 Å². The predicted octanol–water partition coefficient (Wildman–Crippen LogP) is 3.67. The lowest BCUT2D eigenvalue weighted by atomic mass is 9.85. The number of nitrogens with zero attached hydrogens (tertiary/aromatic N) is 2. The van der Waals surface area contributed by atoms with Crippen molar-refractivity contribution in [2.45, 2.75) is 83.7 Å². The molecule has 42 heavy (non-hydrogen) atoms. The van der Waals surface area contributed by atoms with Gasteiger partial charge in [0, 0.05) is 23.9 Å². The molecular formula is C31H40N4O7. The lowest BCUT2D eigenvalue weighted by Crippen LogP contribution is -2.59. The molecule has 2 unspecified atom stereocenters. The molecule has 2 aliphatic rings. The molecule has 226 valence electrons. The highest BCUT2D eigenvalue weighted by atomic mass is 16.6. The monoisotopic (exact) mass is 580 g/mol. The van der Waals surface area contributed by atoms with Gasteiger partial charge in [-0.1, -0.05) is 39.0 Å². The molecule has 1 aromatic carbocycles. The van der Waals surface area contributed by atoms with Crippen LogP contribution in [-0.2, 0) is 19.1 Å². The van der Waals surface area contributed by atoms with E-state index in [0.29, 0.717) is 5.75 Å². The Balaban J connectivity index is 1.64. The van der Waals surface area contributed by atoms with Gasteiger partial charge >= 0.3 is 12.1 Å². The molecule has 5 atom stereocenters. The van der Waals surface area contributed by atoms with E-state index in [0.717, 1.165) is 10.9 Å². The second-order valence-corrected chi connectivity index (χ2v) is 13.1. The quantitative estimate of drug-likeness (QED) is 0.401. The number of likely N-dealkylation sites (tertiary alicyclic amines) is 1. The van der Waals surface area contributed by atoms with Crippen LogP contribution in [-0.4, -0.2) is 74.7 Å². The van der Waals surface area contributed by atoms with Gasteiger partial charge in [-0.05, 0) is 50.8 Å². The summed E-state index contributed by atoms with van der Waals surface area (Å²) in [4.78, 5) is 58.4. The van der Waals surface area contributed by atoms with Crippen LogP contribution in [0.4, 0.5) is 4.79 Å². The molecule has 3 N–H and O–H groups in total. The predicted molar refractivity (Wildman–Crippen MR) is 156 cm³/mol. The van der Waals surface area contributed by atoms with Crippen LogP contribution in [0.5, 0.6) is 5.75 Å². The van der Waals surface area contributed by atoms with E-state index in [-0.39, 0.29) is 19.4 Å². The molecule has 1 aliphatic heterocycles. The number of carbonyl (C=O) groups excluding carboxylic acids is 3. The highest BCUT2D eigenvalue weighted by molar-refractivity contribution is 5.96. The molecule has 0 radical (unpaired) electrons. The number of aromatic nitrogens is 1. The summed E-state index contributed by atoms with van der Waals surface area (Å²) in [6.45, 7) is 14.3. The molecule has 11 heteroatoms. The lowest BCUT2D eigenvalue weighted by molar-refractivity contribution is -0.146. The largest absolute Gasteiger partial charge is 0.488 e. The summed E-state index contributed by atoms with van der Waals surface area (Å²) in [5, 5.41) is 16.0. The highest BCUT2D eigenvalue weighted by Gasteiger charge is 2.61. The van der Waals surface area contributed by atoms with E-state index < -0.39 is 64.5 Å². The molecule has 1 aromatic heterocycles. The van der Waals surface area contributed by atoms with Crippen molar-refractivity contribution in [2.24, 2.45) is 11.3 Å². The SMILES string of the molecule is C=CC1C[C@@]1(NC(=O)C1C[C@@H](Oc2ccnc3ccccc23)CN1C(=O)[C@@H](NC(=O)OC(C)(C)C)C(C)(C)C)C(=O)O. The lowest BCUT2D eigenvalue weighted by Gasteiger charge is -2.35. The Morgan fingerprint density at radius 1 is 1.14 bits per heavy atom. The number of benzene rings is 1. The third-order valence-corrected chi connectivity index (χ3v) is 7.55. The summed E-state index contributed by atoms with van der Waals surface area (Å²) < 4.78 is 11.7. The Kier molecular flexibility index (Phi) is 8.26. The Morgan fingerprint density at radius 2 is 1.83 bits per heavy atom. The summed E-state index contributed by atoms with van der Waals surface area (Å²) in [6.07, 6.45) is 2.11. The molecule has 1 saturated heterocycles. The van der Waals surface area contributed by atoms with Crippen molar-refractivity contribution in [3.63, 3.8) is 0 Å². The van der Waals surface area contributed by atoms with Crippen LogP contribution in [0.3, 0.4) is 0 Å². The highest BCUT2D eigenvalue weighted by Crippen LogP contribution is 2.45. The van der Waals surface area contributed by atoms with E-state index in [1.807, 2.05) is 24.3 Å². The molecule has 2 heterocycles. The zero-order valence-corrected chi connectivity index (χ0v) is 25.0. The van der Waals surface area contributed by atoms with Crippen molar-refractivity contribution in [2.75, 3.05) is 6.54 Å².